The van der Waals surface area contributed by atoms with E-state index < -0.39 is 6.09 Å². The van der Waals surface area contributed by atoms with Gasteiger partial charge in [0.25, 0.3) is 0 Å². The van der Waals surface area contributed by atoms with Crippen molar-refractivity contribution in [2.75, 3.05) is 19.0 Å². The summed E-state index contributed by atoms with van der Waals surface area (Å²) < 4.78 is 18.8. The molecule has 0 aromatic carbocycles. The number of alkyl carbamates (subject to hydrolysis) is 1. The van der Waals surface area contributed by atoms with Crippen LogP contribution in [0.2, 0.25) is 0 Å². The molecule has 1 amide bonds. The standard InChI is InChI=1S/C20H21FN6O2S/c1-29-19(28)24-11-13-10-23-18(30-13)15-5-6-16(27-26-15)25-12-20(7-3-8-20)17-14(21)4-2-9-22-17/h2,4-6,9-10H,3,7-8,11-12H2,1H3,(H,24,28)(H,25,27). The lowest BCUT2D eigenvalue weighted by molar-refractivity contribution is 0.170. The van der Waals surface area contributed by atoms with Crippen LogP contribution in [0.15, 0.2) is 36.7 Å². The summed E-state index contributed by atoms with van der Waals surface area (Å²) in [5.41, 5.74) is 0.857. The average molecular weight is 428 g/mol. The van der Waals surface area contributed by atoms with Crippen LogP contribution in [0.4, 0.5) is 15.0 Å². The van der Waals surface area contributed by atoms with Crippen molar-refractivity contribution in [3.8, 4) is 10.7 Å². The number of nitrogens with one attached hydrogen (secondary N) is 2. The van der Waals surface area contributed by atoms with E-state index in [-0.39, 0.29) is 11.2 Å². The number of carbonyl (C=O) groups is 1. The first kappa shape index (κ1) is 20.1. The minimum absolute atomic E-state index is 0.262. The zero-order chi connectivity index (χ0) is 21.0. The molecule has 4 rings (SSSR count). The van der Waals surface area contributed by atoms with E-state index in [1.165, 1.54) is 24.5 Å². The summed E-state index contributed by atoms with van der Waals surface area (Å²) in [4.78, 5) is 20.7. The second-order valence-electron chi connectivity index (χ2n) is 7.10. The number of anilines is 1. The molecule has 0 saturated heterocycles. The summed E-state index contributed by atoms with van der Waals surface area (Å²) in [5.74, 6) is 0.354. The van der Waals surface area contributed by atoms with Gasteiger partial charge in [0.05, 0.1) is 19.3 Å². The molecular formula is C20H21FN6O2S. The Morgan fingerprint density at radius 3 is 2.80 bits per heavy atom. The zero-order valence-corrected chi connectivity index (χ0v) is 17.2. The molecule has 3 heterocycles. The Morgan fingerprint density at radius 2 is 2.13 bits per heavy atom. The van der Waals surface area contributed by atoms with Crippen LogP contribution in [0.3, 0.4) is 0 Å². The van der Waals surface area contributed by atoms with E-state index in [1.54, 1.807) is 18.5 Å². The minimum Gasteiger partial charge on any atom is -0.453 e. The van der Waals surface area contributed by atoms with E-state index in [2.05, 4.69) is 35.5 Å². The highest BCUT2D eigenvalue weighted by Gasteiger charge is 2.41. The molecular weight excluding hydrogens is 407 g/mol. The van der Waals surface area contributed by atoms with Crippen LogP contribution in [0.1, 0.15) is 29.8 Å². The number of ether oxygens (including phenoxy) is 1. The number of hydrogen-bond donors (Lipinski definition) is 2. The maximum atomic E-state index is 14.2. The summed E-state index contributed by atoms with van der Waals surface area (Å²) in [5, 5.41) is 15.1. The first-order valence-corrected chi connectivity index (χ1v) is 10.4. The number of pyridine rings is 1. The largest absolute Gasteiger partial charge is 0.453 e. The number of carbonyl (C=O) groups excluding carboxylic acids is 1. The molecule has 0 bridgehead atoms. The lowest BCUT2D eigenvalue weighted by Crippen LogP contribution is -2.42. The van der Waals surface area contributed by atoms with Gasteiger partial charge in [-0.2, -0.15) is 0 Å². The van der Waals surface area contributed by atoms with Gasteiger partial charge >= 0.3 is 6.09 Å². The number of amides is 1. The van der Waals surface area contributed by atoms with E-state index >= 15 is 0 Å². The summed E-state index contributed by atoms with van der Waals surface area (Å²) in [6, 6.07) is 6.73. The third kappa shape index (κ3) is 4.23. The molecule has 1 aliphatic rings. The molecule has 2 N–H and O–H groups in total. The van der Waals surface area contributed by atoms with Crippen LogP contribution in [0.5, 0.6) is 0 Å². The van der Waals surface area contributed by atoms with Crippen molar-refractivity contribution < 1.29 is 13.9 Å². The fraction of sp³-hybridized carbons (Fsp3) is 0.350. The van der Waals surface area contributed by atoms with Crippen molar-refractivity contribution in [1.29, 1.82) is 0 Å². The Balaban J connectivity index is 1.39. The van der Waals surface area contributed by atoms with Crippen LogP contribution >= 0.6 is 11.3 Å². The highest BCUT2D eigenvalue weighted by molar-refractivity contribution is 7.15. The number of nitrogens with zero attached hydrogens (tertiary/aromatic N) is 4. The van der Waals surface area contributed by atoms with Gasteiger partial charge in [0.1, 0.15) is 22.3 Å². The summed E-state index contributed by atoms with van der Waals surface area (Å²) >= 11 is 1.42. The molecule has 10 heteroatoms. The molecule has 0 atom stereocenters. The molecule has 1 fully saturated rings. The Hall–Kier alpha value is -3.14. The Morgan fingerprint density at radius 1 is 1.27 bits per heavy atom. The molecule has 0 spiro atoms. The molecule has 3 aromatic heterocycles. The first-order chi connectivity index (χ1) is 14.6. The van der Waals surface area contributed by atoms with Crippen molar-refractivity contribution in [2.45, 2.75) is 31.2 Å². The number of methoxy groups -OCH3 is 1. The van der Waals surface area contributed by atoms with Crippen molar-refractivity contribution in [1.82, 2.24) is 25.5 Å². The summed E-state index contributed by atoms with van der Waals surface area (Å²) in [7, 11) is 1.32. The third-order valence-electron chi connectivity index (χ3n) is 5.21. The highest BCUT2D eigenvalue weighted by Crippen LogP contribution is 2.43. The third-order valence-corrected chi connectivity index (χ3v) is 6.23. The second-order valence-corrected chi connectivity index (χ2v) is 8.22. The van der Waals surface area contributed by atoms with E-state index in [9.17, 15) is 9.18 Å². The normalized spacial score (nSPS) is 14.6. The predicted molar refractivity (Wildman–Crippen MR) is 111 cm³/mol. The molecule has 0 radical (unpaired) electrons. The van der Waals surface area contributed by atoms with Crippen LogP contribution < -0.4 is 10.6 Å². The number of thiazole rings is 1. The number of rotatable bonds is 7. The van der Waals surface area contributed by atoms with Crippen molar-refractivity contribution in [3.05, 3.63) is 53.0 Å². The number of aromatic nitrogens is 4. The maximum Gasteiger partial charge on any atom is 0.407 e. The van der Waals surface area contributed by atoms with Gasteiger partial charge < -0.3 is 15.4 Å². The molecule has 8 nitrogen and oxygen atoms in total. The molecule has 3 aromatic rings. The van der Waals surface area contributed by atoms with Gasteiger partial charge in [-0.15, -0.1) is 21.5 Å². The number of hydrogen-bond acceptors (Lipinski definition) is 8. The summed E-state index contributed by atoms with van der Waals surface area (Å²) in [6.45, 7) is 0.888. The van der Waals surface area contributed by atoms with Gasteiger partial charge in [0, 0.05) is 29.2 Å². The van der Waals surface area contributed by atoms with E-state index in [4.69, 9.17) is 0 Å². The van der Waals surface area contributed by atoms with Gasteiger partial charge in [-0.25, -0.2) is 14.2 Å². The summed E-state index contributed by atoms with van der Waals surface area (Å²) in [6.07, 6.45) is 5.67. The Kier molecular flexibility index (Phi) is 5.84. The maximum absolute atomic E-state index is 14.2. The SMILES string of the molecule is COC(=O)NCc1cnc(-c2ccc(NCC3(c4ncccc4F)CCC3)nn2)s1. The van der Waals surface area contributed by atoms with Gasteiger partial charge in [-0.3, -0.25) is 4.98 Å². The first-order valence-electron chi connectivity index (χ1n) is 9.55. The van der Waals surface area contributed by atoms with Crippen molar-refractivity contribution >= 4 is 23.2 Å². The second kappa shape index (κ2) is 8.70. The topological polar surface area (TPSA) is 102 Å². The van der Waals surface area contributed by atoms with E-state index in [0.29, 0.717) is 35.3 Å². The molecule has 0 unspecified atom stereocenters. The van der Waals surface area contributed by atoms with Gasteiger partial charge in [-0.05, 0) is 37.1 Å². The quantitative estimate of drug-likeness (QED) is 0.594. The fourth-order valence-corrected chi connectivity index (χ4v) is 4.23. The molecule has 156 valence electrons. The zero-order valence-electron chi connectivity index (χ0n) is 16.4. The molecule has 1 saturated carbocycles. The highest BCUT2D eigenvalue weighted by atomic mass is 32.1. The van der Waals surface area contributed by atoms with Gasteiger partial charge in [0.15, 0.2) is 0 Å². The van der Waals surface area contributed by atoms with Gasteiger partial charge in [0.2, 0.25) is 0 Å². The van der Waals surface area contributed by atoms with Crippen molar-refractivity contribution in [2.24, 2.45) is 0 Å². The Bertz CT molecular complexity index is 1020. The average Bonchev–Trinajstić information content (AvgIpc) is 3.22. The minimum atomic E-state index is -0.491. The fourth-order valence-electron chi connectivity index (χ4n) is 3.42. The molecule has 1 aliphatic carbocycles. The van der Waals surface area contributed by atoms with E-state index in [0.717, 1.165) is 24.1 Å². The Labute approximate surface area is 176 Å². The van der Waals surface area contributed by atoms with Crippen LogP contribution in [0.25, 0.3) is 10.7 Å². The lowest BCUT2D eigenvalue weighted by Gasteiger charge is -2.41. The van der Waals surface area contributed by atoms with Crippen LogP contribution in [0, 0.1) is 5.82 Å². The van der Waals surface area contributed by atoms with Crippen molar-refractivity contribution in [3.63, 3.8) is 0 Å². The van der Waals surface area contributed by atoms with Crippen LogP contribution in [-0.4, -0.2) is 39.9 Å². The van der Waals surface area contributed by atoms with Gasteiger partial charge in [-0.1, -0.05) is 6.42 Å². The lowest BCUT2D eigenvalue weighted by atomic mass is 9.66. The van der Waals surface area contributed by atoms with E-state index in [1.807, 2.05) is 12.1 Å². The molecule has 0 aliphatic heterocycles. The molecule has 30 heavy (non-hydrogen) atoms. The predicted octanol–water partition coefficient (Wildman–Crippen LogP) is 3.52. The smallest absolute Gasteiger partial charge is 0.407 e. The number of halogens is 1. The van der Waals surface area contributed by atoms with Crippen LogP contribution in [-0.2, 0) is 16.7 Å². The monoisotopic (exact) mass is 428 g/mol.